The van der Waals surface area contributed by atoms with Gasteiger partial charge in [-0.1, -0.05) is 0 Å². The Bertz CT molecular complexity index is 259. The second-order valence-corrected chi connectivity index (χ2v) is 1.66. The van der Waals surface area contributed by atoms with Crippen LogP contribution in [0.4, 0.5) is 8.78 Å². The molecule has 0 heterocycles. The standard InChI is InChI=1S/C6H5F2NO3.Na.H/c1-12-6(11)3(2-9)4(10)5(7)8;;/h5,10H,1H3;;/b4-3-;;. The van der Waals surface area contributed by atoms with Gasteiger partial charge in [0.1, 0.15) is 6.07 Å². The molecule has 0 saturated heterocycles. The SMILES string of the molecule is COC(=O)/C(C#N)=C(\O)C(F)F.[NaH]. The number of nitriles is 1. The summed E-state index contributed by atoms with van der Waals surface area (Å²) in [6.45, 7) is 0. The number of carbonyl (C=O) groups excluding carboxylic acids is 1. The fourth-order valence-electron chi connectivity index (χ4n) is 0.419. The van der Waals surface area contributed by atoms with Crippen LogP contribution in [0.25, 0.3) is 0 Å². The van der Waals surface area contributed by atoms with E-state index < -0.39 is 23.7 Å². The number of aliphatic hydroxyl groups excluding tert-OH is 1. The van der Waals surface area contributed by atoms with Gasteiger partial charge < -0.3 is 9.84 Å². The number of nitrogens with zero attached hydrogens (tertiary/aromatic N) is 1. The summed E-state index contributed by atoms with van der Waals surface area (Å²) in [6.07, 6.45) is -3.25. The number of methoxy groups -OCH3 is 1. The van der Waals surface area contributed by atoms with Gasteiger partial charge in [0.2, 0.25) is 0 Å². The van der Waals surface area contributed by atoms with Gasteiger partial charge in [0.05, 0.1) is 7.11 Å². The van der Waals surface area contributed by atoms with Crippen LogP contribution < -0.4 is 0 Å². The molecule has 0 bridgehead atoms. The molecule has 1 N–H and O–H groups in total. The second-order valence-electron chi connectivity index (χ2n) is 1.66. The van der Waals surface area contributed by atoms with Crippen molar-refractivity contribution in [1.29, 1.82) is 5.26 Å². The van der Waals surface area contributed by atoms with E-state index in [1.165, 1.54) is 0 Å². The number of halogens is 2. The van der Waals surface area contributed by atoms with Crippen molar-refractivity contribution >= 4 is 35.5 Å². The van der Waals surface area contributed by atoms with E-state index in [2.05, 4.69) is 4.74 Å². The first-order valence-corrected chi connectivity index (χ1v) is 2.74. The molecule has 0 aliphatic heterocycles. The summed E-state index contributed by atoms with van der Waals surface area (Å²) in [5.41, 5.74) is -1.08. The summed E-state index contributed by atoms with van der Waals surface area (Å²) in [4.78, 5) is 10.5. The molecule has 0 rings (SSSR count). The van der Waals surface area contributed by atoms with E-state index in [9.17, 15) is 13.6 Å². The van der Waals surface area contributed by atoms with Crippen LogP contribution in [0.5, 0.6) is 0 Å². The van der Waals surface area contributed by atoms with E-state index in [1.807, 2.05) is 0 Å². The summed E-state index contributed by atoms with van der Waals surface area (Å²) < 4.78 is 27.4. The Morgan fingerprint density at radius 1 is 1.62 bits per heavy atom. The third kappa shape index (κ3) is 4.22. The maximum absolute atomic E-state index is 11.7. The number of carbonyl (C=O) groups is 1. The quantitative estimate of drug-likeness (QED) is 0.226. The zero-order valence-electron chi connectivity index (χ0n) is 6.04. The van der Waals surface area contributed by atoms with Crippen molar-refractivity contribution < 1.29 is 23.4 Å². The normalized spacial score (nSPS) is 11.0. The molecule has 0 unspecified atom stereocenters. The van der Waals surface area contributed by atoms with Crippen molar-refractivity contribution in [2.24, 2.45) is 0 Å². The van der Waals surface area contributed by atoms with Gasteiger partial charge in [-0.25, -0.2) is 13.6 Å². The van der Waals surface area contributed by atoms with Gasteiger partial charge >= 0.3 is 35.5 Å². The molecule has 0 saturated carbocycles. The van der Waals surface area contributed by atoms with Gasteiger partial charge in [0.15, 0.2) is 11.3 Å². The molecule has 13 heavy (non-hydrogen) atoms. The first-order valence-electron chi connectivity index (χ1n) is 2.74. The second kappa shape index (κ2) is 6.83. The Hall–Kier alpha value is -0.640. The molecule has 0 aliphatic carbocycles. The monoisotopic (exact) mass is 201 g/mol. The Labute approximate surface area is 95.1 Å². The van der Waals surface area contributed by atoms with Crippen LogP contribution >= 0.6 is 0 Å². The Morgan fingerprint density at radius 2 is 2.08 bits per heavy atom. The van der Waals surface area contributed by atoms with Crippen molar-refractivity contribution in [3.8, 4) is 6.07 Å². The van der Waals surface area contributed by atoms with Crippen LogP contribution in [-0.2, 0) is 9.53 Å². The molecule has 0 spiro atoms. The summed E-state index contributed by atoms with van der Waals surface area (Å²) in [5.74, 6) is -2.85. The summed E-state index contributed by atoms with van der Waals surface area (Å²) in [6, 6.07) is 1.11. The molecule has 68 valence electrons. The Morgan fingerprint density at radius 3 is 2.31 bits per heavy atom. The number of rotatable bonds is 2. The molecule has 0 aromatic rings. The van der Waals surface area contributed by atoms with Crippen LogP contribution in [0.2, 0.25) is 0 Å². The van der Waals surface area contributed by atoms with E-state index in [0.29, 0.717) is 0 Å². The number of esters is 1. The molecule has 7 heteroatoms. The topological polar surface area (TPSA) is 70.3 Å². The van der Waals surface area contributed by atoms with E-state index in [-0.39, 0.29) is 29.6 Å². The van der Waals surface area contributed by atoms with E-state index in [1.54, 1.807) is 0 Å². The number of hydrogen-bond donors (Lipinski definition) is 1. The first kappa shape index (κ1) is 14.9. The molecular formula is C6H6F2NNaO3. The molecule has 0 aromatic carbocycles. The number of allylic oxidation sites excluding steroid dienone is 1. The Balaban J connectivity index is 0. The third-order valence-corrected chi connectivity index (χ3v) is 0.964. The van der Waals surface area contributed by atoms with E-state index in [0.717, 1.165) is 13.2 Å². The summed E-state index contributed by atoms with van der Waals surface area (Å²) in [7, 11) is 0.915. The molecule has 0 amide bonds. The fourth-order valence-corrected chi connectivity index (χ4v) is 0.419. The molecule has 0 radical (unpaired) electrons. The van der Waals surface area contributed by atoms with Crippen molar-refractivity contribution in [1.82, 2.24) is 0 Å². The van der Waals surface area contributed by atoms with Crippen molar-refractivity contribution in [2.75, 3.05) is 7.11 Å². The molecule has 0 aliphatic rings. The van der Waals surface area contributed by atoms with Crippen LogP contribution in [0, 0.1) is 11.3 Å². The third-order valence-electron chi connectivity index (χ3n) is 0.964. The minimum atomic E-state index is -3.25. The van der Waals surface area contributed by atoms with Gasteiger partial charge in [0.25, 0.3) is 6.43 Å². The number of aliphatic hydroxyl groups is 1. The number of ether oxygens (including phenoxy) is 1. The van der Waals surface area contributed by atoms with Crippen molar-refractivity contribution in [2.45, 2.75) is 6.43 Å². The van der Waals surface area contributed by atoms with Gasteiger partial charge in [-0.2, -0.15) is 5.26 Å². The Kier molecular flexibility index (Phi) is 7.81. The van der Waals surface area contributed by atoms with Gasteiger partial charge in [0, 0.05) is 0 Å². The maximum atomic E-state index is 11.7. The molecule has 0 fully saturated rings. The zero-order chi connectivity index (χ0) is 9.72. The number of alkyl halides is 2. The van der Waals surface area contributed by atoms with Crippen LogP contribution in [0.15, 0.2) is 11.3 Å². The summed E-state index contributed by atoms with van der Waals surface area (Å²) in [5, 5.41) is 16.6. The van der Waals surface area contributed by atoms with Gasteiger partial charge in [-0.05, 0) is 0 Å². The molecule has 0 atom stereocenters. The van der Waals surface area contributed by atoms with Crippen molar-refractivity contribution in [3.05, 3.63) is 11.3 Å². The van der Waals surface area contributed by atoms with Crippen LogP contribution in [0.3, 0.4) is 0 Å². The van der Waals surface area contributed by atoms with E-state index >= 15 is 0 Å². The van der Waals surface area contributed by atoms with E-state index in [4.69, 9.17) is 10.4 Å². The first-order chi connectivity index (χ1) is 5.54. The predicted molar refractivity (Wildman–Crippen MR) is 40.4 cm³/mol. The average molecular weight is 201 g/mol. The summed E-state index contributed by atoms with van der Waals surface area (Å²) >= 11 is 0. The predicted octanol–water partition coefficient (Wildman–Crippen LogP) is 0.112. The van der Waals surface area contributed by atoms with Gasteiger partial charge in [-0.15, -0.1) is 0 Å². The van der Waals surface area contributed by atoms with Crippen LogP contribution in [-0.4, -0.2) is 54.2 Å². The zero-order valence-corrected chi connectivity index (χ0v) is 6.04. The molecule has 0 aromatic heterocycles. The van der Waals surface area contributed by atoms with Gasteiger partial charge in [-0.3, -0.25) is 0 Å². The van der Waals surface area contributed by atoms with Crippen LogP contribution in [0.1, 0.15) is 0 Å². The average Bonchev–Trinajstić information content (AvgIpc) is 2.05. The minimum absolute atomic E-state index is 0. The molecular weight excluding hydrogens is 195 g/mol. The number of hydrogen-bond acceptors (Lipinski definition) is 4. The fraction of sp³-hybridized carbons (Fsp3) is 0.333. The molecule has 4 nitrogen and oxygen atoms in total. The van der Waals surface area contributed by atoms with Crippen molar-refractivity contribution in [3.63, 3.8) is 0 Å².